The summed E-state index contributed by atoms with van der Waals surface area (Å²) >= 11 is 0. The SMILES string of the molecule is O=C(N[C@@H](c1ccccc1)c1ccc(C2CC(F)(F)C2)c(F)n1)[C@@H]1C[C@@H](F)CN1C(=O)Cc1ccc[nH]c1=O. The van der Waals surface area contributed by atoms with Crippen molar-refractivity contribution in [2.45, 2.75) is 55.8 Å². The smallest absolute Gasteiger partial charge is 0.251 e. The van der Waals surface area contributed by atoms with Gasteiger partial charge in [0.05, 0.1) is 24.7 Å². The molecule has 5 rings (SSSR count). The van der Waals surface area contributed by atoms with Gasteiger partial charge >= 0.3 is 0 Å². The Labute approximate surface area is 221 Å². The van der Waals surface area contributed by atoms with Crippen molar-refractivity contribution >= 4 is 11.8 Å². The molecule has 1 aliphatic carbocycles. The van der Waals surface area contributed by atoms with Gasteiger partial charge in [-0.1, -0.05) is 42.5 Å². The maximum atomic E-state index is 14.9. The summed E-state index contributed by atoms with van der Waals surface area (Å²) in [5.74, 6) is -5.58. The van der Waals surface area contributed by atoms with Crippen LogP contribution in [0.2, 0.25) is 0 Å². The molecule has 11 heteroatoms. The molecule has 2 fully saturated rings. The summed E-state index contributed by atoms with van der Waals surface area (Å²) in [6.07, 6.45) is -1.45. The van der Waals surface area contributed by atoms with Crippen LogP contribution in [0.4, 0.5) is 17.6 Å². The van der Waals surface area contributed by atoms with Crippen molar-refractivity contribution in [1.82, 2.24) is 20.2 Å². The third kappa shape index (κ3) is 5.71. The first-order valence-corrected chi connectivity index (χ1v) is 12.6. The third-order valence-electron chi connectivity index (χ3n) is 7.26. The molecule has 7 nitrogen and oxygen atoms in total. The van der Waals surface area contributed by atoms with Crippen LogP contribution in [0.15, 0.2) is 65.6 Å². The van der Waals surface area contributed by atoms with E-state index in [2.05, 4.69) is 15.3 Å². The summed E-state index contributed by atoms with van der Waals surface area (Å²) in [4.78, 5) is 46.0. The molecule has 2 aromatic heterocycles. The van der Waals surface area contributed by atoms with Crippen molar-refractivity contribution in [3.05, 3.63) is 99.5 Å². The Balaban J connectivity index is 1.38. The molecule has 3 aromatic rings. The fourth-order valence-electron chi connectivity index (χ4n) is 5.19. The monoisotopic (exact) mass is 542 g/mol. The average Bonchev–Trinajstić information content (AvgIpc) is 3.29. The van der Waals surface area contributed by atoms with E-state index in [1.54, 1.807) is 36.4 Å². The number of carbonyl (C=O) groups is 2. The number of nitrogens with zero attached hydrogens (tertiary/aromatic N) is 2. The van der Waals surface area contributed by atoms with Gasteiger partial charge in [-0.15, -0.1) is 0 Å². The van der Waals surface area contributed by atoms with E-state index >= 15 is 0 Å². The molecule has 1 saturated carbocycles. The molecule has 1 saturated heterocycles. The number of pyridine rings is 2. The molecule has 39 heavy (non-hydrogen) atoms. The number of aromatic amines is 1. The number of amides is 2. The van der Waals surface area contributed by atoms with E-state index in [4.69, 9.17) is 0 Å². The fourth-order valence-corrected chi connectivity index (χ4v) is 5.19. The van der Waals surface area contributed by atoms with Crippen molar-refractivity contribution in [2.24, 2.45) is 0 Å². The van der Waals surface area contributed by atoms with Crippen LogP contribution in [0, 0.1) is 5.95 Å². The summed E-state index contributed by atoms with van der Waals surface area (Å²) in [5, 5.41) is 2.77. The predicted octanol–water partition coefficient (Wildman–Crippen LogP) is 3.81. The molecule has 0 bridgehead atoms. The van der Waals surface area contributed by atoms with Gasteiger partial charge in [0.15, 0.2) is 0 Å². The van der Waals surface area contributed by atoms with E-state index in [0.717, 1.165) is 4.90 Å². The molecule has 0 unspecified atom stereocenters. The number of rotatable bonds is 7. The number of hydrogen-bond acceptors (Lipinski definition) is 4. The molecular formula is C28H26F4N4O3. The Morgan fingerprint density at radius 3 is 2.51 bits per heavy atom. The first-order valence-electron chi connectivity index (χ1n) is 12.6. The second-order valence-electron chi connectivity index (χ2n) is 10.0. The number of carbonyl (C=O) groups excluding carboxylic acids is 2. The molecule has 2 aliphatic rings. The van der Waals surface area contributed by atoms with Crippen molar-refractivity contribution in [3.63, 3.8) is 0 Å². The normalized spacial score (nSPS) is 21.3. The van der Waals surface area contributed by atoms with Gasteiger partial charge in [0.2, 0.25) is 23.7 Å². The molecule has 3 atom stereocenters. The Morgan fingerprint density at radius 2 is 1.85 bits per heavy atom. The van der Waals surface area contributed by atoms with Crippen LogP contribution in [0.3, 0.4) is 0 Å². The minimum absolute atomic E-state index is 0.0894. The second-order valence-corrected chi connectivity index (χ2v) is 10.0. The highest BCUT2D eigenvalue weighted by Crippen LogP contribution is 2.48. The summed E-state index contributed by atoms with van der Waals surface area (Å²) in [6.45, 7) is -0.300. The minimum Gasteiger partial charge on any atom is -0.342 e. The van der Waals surface area contributed by atoms with Crippen LogP contribution in [0.5, 0.6) is 0 Å². The third-order valence-corrected chi connectivity index (χ3v) is 7.26. The van der Waals surface area contributed by atoms with Gasteiger partial charge in [0.1, 0.15) is 12.2 Å². The number of likely N-dealkylation sites (tertiary alicyclic amines) is 1. The van der Waals surface area contributed by atoms with Crippen molar-refractivity contribution in [2.75, 3.05) is 6.54 Å². The molecule has 1 aromatic carbocycles. The number of alkyl halides is 3. The number of hydrogen-bond donors (Lipinski definition) is 2. The lowest BCUT2D eigenvalue weighted by atomic mass is 9.77. The molecule has 3 heterocycles. The number of nitrogens with one attached hydrogen (secondary N) is 2. The second kappa shape index (κ2) is 10.6. The highest BCUT2D eigenvalue weighted by Gasteiger charge is 2.47. The van der Waals surface area contributed by atoms with Gasteiger partial charge < -0.3 is 15.2 Å². The van der Waals surface area contributed by atoms with E-state index in [1.807, 2.05) is 0 Å². The molecule has 1 aliphatic heterocycles. The average molecular weight is 543 g/mol. The molecule has 2 amide bonds. The van der Waals surface area contributed by atoms with Crippen LogP contribution in [-0.4, -0.2) is 51.4 Å². The van der Waals surface area contributed by atoms with Crippen molar-refractivity contribution in [3.8, 4) is 0 Å². The topological polar surface area (TPSA) is 95.2 Å². The Bertz CT molecular complexity index is 1420. The van der Waals surface area contributed by atoms with Crippen molar-refractivity contribution < 1.29 is 27.2 Å². The number of H-pyrrole nitrogens is 1. The fraction of sp³-hybridized carbons (Fsp3) is 0.357. The summed E-state index contributed by atoms with van der Waals surface area (Å²) < 4.78 is 56.0. The largest absolute Gasteiger partial charge is 0.342 e. The lowest BCUT2D eigenvalue weighted by Crippen LogP contribution is -2.47. The first-order chi connectivity index (χ1) is 18.6. The zero-order chi connectivity index (χ0) is 27.7. The van der Waals surface area contributed by atoms with Crippen LogP contribution in [0.25, 0.3) is 0 Å². The highest BCUT2D eigenvalue weighted by molar-refractivity contribution is 5.89. The van der Waals surface area contributed by atoms with Gasteiger partial charge in [-0.3, -0.25) is 14.4 Å². The molecule has 2 N–H and O–H groups in total. The van der Waals surface area contributed by atoms with Gasteiger partial charge in [-0.2, -0.15) is 4.39 Å². The molecule has 0 radical (unpaired) electrons. The maximum absolute atomic E-state index is 14.9. The zero-order valence-electron chi connectivity index (χ0n) is 20.7. The molecule has 204 valence electrons. The van der Waals surface area contributed by atoms with E-state index in [9.17, 15) is 31.9 Å². The number of benzene rings is 1. The van der Waals surface area contributed by atoms with Gasteiger partial charge in [-0.05, 0) is 23.6 Å². The van der Waals surface area contributed by atoms with Gasteiger partial charge in [0.25, 0.3) is 5.56 Å². The van der Waals surface area contributed by atoms with Gasteiger partial charge in [0, 0.05) is 36.6 Å². The molecule has 0 spiro atoms. The van der Waals surface area contributed by atoms with Crippen LogP contribution >= 0.6 is 0 Å². The summed E-state index contributed by atoms with van der Waals surface area (Å²) in [7, 11) is 0. The van der Waals surface area contributed by atoms with Crippen LogP contribution < -0.4 is 10.9 Å². The predicted molar refractivity (Wildman–Crippen MR) is 133 cm³/mol. The summed E-state index contributed by atoms with van der Waals surface area (Å²) in [6, 6.07) is 12.4. The molecular weight excluding hydrogens is 516 g/mol. The van der Waals surface area contributed by atoms with Crippen molar-refractivity contribution in [1.29, 1.82) is 0 Å². The zero-order valence-corrected chi connectivity index (χ0v) is 20.7. The van der Waals surface area contributed by atoms with E-state index < -0.39 is 66.3 Å². The maximum Gasteiger partial charge on any atom is 0.251 e. The number of halogens is 4. The van der Waals surface area contributed by atoms with Crippen LogP contribution in [-0.2, 0) is 16.0 Å². The minimum atomic E-state index is -2.82. The standard InChI is InChI=1S/C28H26F4N4O3/c29-19-12-22(36(15-19)23(37)11-17-7-4-10-33-26(17)38)27(39)35-24(16-5-2-1-3-6-16)21-9-8-20(25(30)34-21)18-13-28(31,32)14-18/h1-10,18-19,22,24H,11-15H2,(H,33,38)(H,35,39)/t19-,22+,24+/m1/s1. The Morgan fingerprint density at radius 1 is 1.10 bits per heavy atom. The lowest BCUT2D eigenvalue weighted by molar-refractivity contribution is -0.138. The Hall–Kier alpha value is -4.02. The van der Waals surface area contributed by atoms with Crippen LogP contribution in [0.1, 0.15) is 53.6 Å². The van der Waals surface area contributed by atoms with Gasteiger partial charge in [-0.25, -0.2) is 18.2 Å². The summed E-state index contributed by atoms with van der Waals surface area (Å²) in [5.41, 5.74) is 0.519. The van der Waals surface area contributed by atoms with E-state index in [0.29, 0.717) is 5.56 Å². The quantitative estimate of drug-likeness (QED) is 0.351. The number of aromatic nitrogens is 2. The highest BCUT2D eigenvalue weighted by atomic mass is 19.3. The Kier molecular flexibility index (Phi) is 7.24. The van der Waals surface area contributed by atoms with E-state index in [-0.39, 0.29) is 36.2 Å². The van der Waals surface area contributed by atoms with E-state index in [1.165, 1.54) is 24.4 Å². The lowest BCUT2D eigenvalue weighted by Gasteiger charge is -2.35. The first kappa shape index (κ1) is 26.6.